The van der Waals surface area contributed by atoms with E-state index in [1.165, 1.54) is 43.3 Å². The van der Waals surface area contributed by atoms with Gasteiger partial charge in [-0.05, 0) is 65.2 Å². The van der Waals surface area contributed by atoms with E-state index in [1.807, 2.05) is 30.3 Å². The van der Waals surface area contributed by atoms with E-state index >= 15 is 0 Å². The molecule has 0 saturated carbocycles. The summed E-state index contributed by atoms with van der Waals surface area (Å²) in [7, 11) is 0. The van der Waals surface area contributed by atoms with Gasteiger partial charge in [-0.3, -0.25) is 9.36 Å². The number of carbonyl (C=O) groups excluding carboxylic acids is 1. The monoisotopic (exact) mass is 666 g/mol. The van der Waals surface area contributed by atoms with Crippen molar-refractivity contribution >= 4 is 45.8 Å². The van der Waals surface area contributed by atoms with Crippen molar-refractivity contribution in [2.24, 2.45) is 4.99 Å². The van der Waals surface area contributed by atoms with Gasteiger partial charge in [-0.15, -0.1) is 0 Å². The van der Waals surface area contributed by atoms with Gasteiger partial charge in [0.1, 0.15) is 18.2 Å². The zero-order valence-electron chi connectivity index (χ0n) is 24.0. The fourth-order valence-corrected chi connectivity index (χ4v) is 6.33. The van der Waals surface area contributed by atoms with Gasteiger partial charge < -0.3 is 9.47 Å². The van der Waals surface area contributed by atoms with Crippen molar-refractivity contribution in [1.29, 1.82) is 0 Å². The molecule has 0 N–H and O–H groups in total. The van der Waals surface area contributed by atoms with Gasteiger partial charge in [0, 0.05) is 10.6 Å². The van der Waals surface area contributed by atoms with Gasteiger partial charge in [0.15, 0.2) is 10.5 Å². The Hall–Kier alpha value is -4.74. The molecule has 0 aliphatic carbocycles. The maximum atomic E-state index is 14.5. The van der Waals surface area contributed by atoms with Crippen molar-refractivity contribution in [2.45, 2.75) is 25.7 Å². The highest BCUT2D eigenvalue weighted by atomic mass is 35.5. The first-order chi connectivity index (χ1) is 22.0. The average molecular weight is 667 g/mol. The maximum absolute atomic E-state index is 14.5. The third kappa shape index (κ3) is 6.08. The number of benzene rings is 4. The Morgan fingerprint density at radius 2 is 1.74 bits per heavy atom. The molecule has 6 rings (SSSR count). The Bertz CT molecular complexity index is 2170. The van der Waals surface area contributed by atoms with Crippen molar-refractivity contribution in [2.75, 3.05) is 6.61 Å². The third-order valence-corrected chi connectivity index (χ3v) is 8.53. The molecule has 0 fully saturated rings. The van der Waals surface area contributed by atoms with E-state index in [0.29, 0.717) is 21.9 Å². The standard InChI is InChI=1S/C34H23ClF4N2O4S/c1-2-44-32(43)28-29(21-9-12-22(35)13-10-21)41-31(42)27(46-33(41)40-30(28)34(37,38)39)17-25-24-6-4-3-5-20(24)11-16-26(25)45-18-19-7-14-23(36)15-8-19/h3-17,29H,2,18H2,1H3/b27-17-/t29-/m0/s1. The van der Waals surface area contributed by atoms with Crippen molar-refractivity contribution in [3.05, 3.63) is 143 Å². The van der Waals surface area contributed by atoms with Crippen molar-refractivity contribution < 1.29 is 31.8 Å². The number of ether oxygens (including phenoxy) is 2. The Morgan fingerprint density at radius 3 is 2.43 bits per heavy atom. The SMILES string of the molecule is CCOC(=O)C1=C(C(F)(F)F)N=c2s/c(=C\c3c(OCc4ccc(F)cc4)ccc4ccccc34)c(=O)n2[C@H]1c1ccc(Cl)cc1. The van der Waals surface area contributed by atoms with Gasteiger partial charge >= 0.3 is 12.1 Å². The first kappa shape index (κ1) is 31.3. The predicted molar refractivity (Wildman–Crippen MR) is 167 cm³/mol. The van der Waals surface area contributed by atoms with E-state index in [1.54, 1.807) is 24.3 Å². The molecule has 0 radical (unpaired) electrons. The lowest BCUT2D eigenvalue weighted by Crippen LogP contribution is -2.41. The minimum absolute atomic E-state index is 0.0623. The fourth-order valence-electron chi connectivity index (χ4n) is 5.22. The van der Waals surface area contributed by atoms with Crippen molar-refractivity contribution in [3.63, 3.8) is 0 Å². The normalized spacial score (nSPS) is 15.1. The van der Waals surface area contributed by atoms with Crippen molar-refractivity contribution in [3.8, 4) is 5.75 Å². The second-order valence-corrected chi connectivity index (χ2v) is 11.7. The number of hydrogen-bond acceptors (Lipinski definition) is 6. The molecule has 2 heterocycles. The van der Waals surface area contributed by atoms with Crippen LogP contribution in [-0.2, 0) is 16.1 Å². The van der Waals surface area contributed by atoms with Crippen LogP contribution in [0.15, 0.2) is 106 Å². The maximum Gasteiger partial charge on any atom is 0.434 e. The van der Waals surface area contributed by atoms with Gasteiger partial charge in [0.2, 0.25) is 0 Å². The summed E-state index contributed by atoms with van der Waals surface area (Å²) < 4.78 is 69.1. The summed E-state index contributed by atoms with van der Waals surface area (Å²) in [5.41, 5.74) is -1.48. The number of rotatable bonds is 7. The van der Waals surface area contributed by atoms with Crippen LogP contribution in [0.3, 0.4) is 0 Å². The van der Waals surface area contributed by atoms with Gasteiger partial charge in [0.25, 0.3) is 5.56 Å². The second-order valence-electron chi connectivity index (χ2n) is 10.2. The number of hydrogen-bond donors (Lipinski definition) is 0. The third-order valence-electron chi connectivity index (χ3n) is 7.29. The summed E-state index contributed by atoms with van der Waals surface area (Å²) in [4.78, 5) is 30.8. The lowest BCUT2D eigenvalue weighted by molar-refractivity contribution is -0.140. The first-order valence-electron chi connectivity index (χ1n) is 14.0. The fraction of sp³-hybridized carbons (Fsp3) is 0.147. The highest BCUT2D eigenvalue weighted by molar-refractivity contribution is 7.07. The summed E-state index contributed by atoms with van der Waals surface area (Å²) >= 11 is 6.82. The number of carbonyl (C=O) groups is 1. The molecular formula is C34H23ClF4N2O4S. The molecule has 0 amide bonds. The lowest BCUT2D eigenvalue weighted by atomic mass is 9.95. The molecule has 4 aromatic carbocycles. The summed E-state index contributed by atoms with van der Waals surface area (Å²) in [6.07, 6.45) is -3.48. The smallest absolute Gasteiger partial charge is 0.434 e. The molecule has 234 valence electrons. The van der Waals surface area contributed by atoms with Crippen LogP contribution in [0.1, 0.15) is 29.7 Å². The summed E-state index contributed by atoms with van der Waals surface area (Å²) in [6.45, 7) is 1.38. The van der Waals surface area contributed by atoms with Gasteiger partial charge in [-0.1, -0.05) is 77.5 Å². The summed E-state index contributed by atoms with van der Waals surface area (Å²) in [5, 5.41) is 1.87. The average Bonchev–Trinajstić information content (AvgIpc) is 3.35. The number of nitrogens with zero attached hydrogens (tertiary/aromatic N) is 2. The Balaban J connectivity index is 1.57. The number of alkyl halides is 3. The minimum atomic E-state index is -5.03. The molecule has 0 bridgehead atoms. The molecule has 0 spiro atoms. The largest absolute Gasteiger partial charge is 0.488 e. The topological polar surface area (TPSA) is 69.9 Å². The molecule has 0 saturated heterocycles. The van der Waals surface area contributed by atoms with E-state index in [-0.39, 0.29) is 33.9 Å². The number of halogens is 5. The highest BCUT2D eigenvalue weighted by Crippen LogP contribution is 2.38. The van der Waals surface area contributed by atoms with Gasteiger partial charge in [-0.25, -0.2) is 14.2 Å². The molecule has 1 aliphatic rings. The molecule has 12 heteroatoms. The van der Waals surface area contributed by atoms with Crippen molar-refractivity contribution in [1.82, 2.24) is 4.57 Å². The first-order valence-corrected chi connectivity index (χ1v) is 15.2. The van der Waals surface area contributed by atoms with Crippen LogP contribution in [0.5, 0.6) is 5.75 Å². The zero-order chi connectivity index (χ0) is 32.6. The van der Waals surface area contributed by atoms with Crippen LogP contribution in [-0.4, -0.2) is 23.3 Å². The molecule has 46 heavy (non-hydrogen) atoms. The van der Waals surface area contributed by atoms with Crippen LogP contribution < -0.4 is 19.6 Å². The lowest BCUT2D eigenvalue weighted by Gasteiger charge is -2.26. The van der Waals surface area contributed by atoms with Crippen LogP contribution >= 0.6 is 22.9 Å². The molecule has 1 aliphatic heterocycles. The predicted octanol–water partition coefficient (Wildman–Crippen LogP) is 6.87. The summed E-state index contributed by atoms with van der Waals surface area (Å²) in [5.74, 6) is -1.23. The van der Waals surface area contributed by atoms with E-state index in [2.05, 4.69) is 4.99 Å². The summed E-state index contributed by atoms with van der Waals surface area (Å²) in [6, 6.07) is 21.1. The van der Waals surface area contributed by atoms with E-state index in [0.717, 1.165) is 26.7 Å². The second kappa shape index (κ2) is 12.6. The van der Waals surface area contributed by atoms with Crippen LogP contribution in [0.25, 0.3) is 16.8 Å². The number of fused-ring (bicyclic) bond motifs is 2. The number of esters is 1. The zero-order valence-corrected chi connectivity index (χ0v) is 25.5. The van der Waals surface area contributed by atoms with Crippen LogP contribution in [0.2, 0.25) is 5.02 Å². The Kier molecular flexibility index (Phi) is 8.54. The Labute approximate surface area is 268 Å². The Morgan fingerprint density at radius 1 is 1.02 bits per heavy atom. The van der Waals surface area contributed by atoms with E-state index in [9.17, 15) is 27.2 Å². The number of aromatic nitrogens is 1. The molecule has 1 atom stereocenters. The van der Waals surface area contributed by atoms with E-state index in [4.69, 9.17) is 21.1 Å². The number of allylic oxidation sites excluding steroid dienone is 1. The molecule has 0 unspecified atom stereocenters. The van der Waals surface area contributed by atoms with Crippen LogP contribution in [0, 0.1) is 5.82 Å². The molecular weight excluding hydrogens is 644 g/mol. The van der Waals surface area contributed by atoms with E-state index < -0.39 is 35.0 Å². The quantitative estimate of drug-likeness (QED) is 0.141. The molecule has 5 aromatic rings. The molecule has 6 nitrogen and oxygen atoms in total. The van der Waals surface area contributed by atoms with Gasteiger partial charge in [0.05, 0.1) is 22.8 Å². The molecule has 1 aromatic heterocycles. The number of thiazole rings is 1. The van der Waals surface area contributed by atoms with Gasteiger partial charge in [-0.2, -0.15) is 13.2 Å². The minimum Gasteiger partial charge on any atom is -0.488 e. The highest BCUT2D eigenvalue weighted by Gasteiger charge is 2.45. The van der Waals surface area contributed by atoms with Crippen LogP contribution in [0.4, 0.5) is 17.6 Å².